The molecule has 0 amide bonds. The fourth-order valence-electron chi connectivity index (χ4n) is 1.11. The van der Waals surface area contributed by atoms with Crippen LogP contribution in [-0.4, -0.2) is 16.1 Å². The number of aromatic carboxylic acids is 1. The van der Waals surface area contributed by atoms with Gasteiger partial charge in [0.05, 0.1) is 5.56 Å². The molecule has 84 valence electrons. The molecule has 1 heterocycles. The van der Waals surface area contributed by atoms with Gasteiger partial charge in [-0.1, -0.05) is 15.9 Å². The van der Waals surface area contributed by atoms with Crippen molar-refractivity contribution >= 4 is 21.9 Å². The zero-order valence-corrected chi connectivity index (χ0v) is 9.33. The third-order valence-electron chi connectivity index (χ3n) is 1.80. The van der Waals surface area contributed by atoms with E-state index < -0.39 is 23.8 Å². The minimum absolute atomic E-state index is 0.125. The van der Waals surface area contributed by atoms with Crippen LogP contribution in [0.3, 0.4) is 0 Å². The van der Waals surface area contributed by atoms with Crippen LogP contribution in [0.2, 0.25) is 0 Å². The predicted molar refractivity (Wildman–Crippen MR) is 53.5 cm³/mol. The maximum Gasteiger partial charge on any atom is 0.354 e. The number of pyridine rings is 1. The fraction of sp³-hybridized carbons (Fsp3) is 0.222. The zero-order valence-electron chi connectivity index (χ0n) is 7.75. The maximum absolute atomic E-state index is 12.5. The van der Waals surface area contributed by atoms with E-state index in [4.69, 9.17) is 10.4 Å². The number of carboxylic acid groups (broad SMARTS) is 1. The fourth-order valence-corrected chi connectivity index (χ4v) is 1.54. The van der Waals surface area contributed by atoms with E-state index >= 15 is 0 Å². The van der Waals surface area contributed by atoms with Gasteiger partial charge in [0.1, 0.15) is 11.8 Å². The molecule has 0 spiro atoms. The molecule has 0 aromatic carbocycles. The lowest BCUT2D eigenvalue weighted by molar-refractivity contribution is 0.0687. The van der Waals surface area contributed by atoms with Crippen molar-refractivity contribution in [3.63, 3.8) is 0 Å². The molecule has 0 atom stereocenters. The van der Waals surface area contributed by atoms with Crippen molar-refractivity contribution in [1.29, 1.82) is 5.26 Å². The molecule has 0 aliphatic carbocycles. The maximum atomic E-state index is 12.5. The molecule has 0 bridgehead atoms. The first kappa shape index (κ1) is 12.5. The second-order valence-corrected chi connectivity index (χ2v) is 3.34. The molecule has 1 aromatic rings. The first-order valence-electron chi connectivity index (χ1n) is 4.02. The number of carboxylic acids is 1. The quantitative estimate of drug-likeness (QED) is 0.868. The van der Waals surface area contributed by atoms with Crippen LogP contribution < -0.4 is 0 Å². The lowest BCUT2D eigenvalue weighted by Gasteiger charge is -2.07. The Bertz CT molecular complexity index is 471. The first-order chi connectivity index (χ1) is 7.51. The summed E-state index contributed by atoms with van der Waals surface area (Å²) in [7, 11) is 0. The molecule has 0 radical (unpaired) electrons. The van der Waals surface area contributed by atoms with Gasteiger partial charge in [0.15, 0.2) is 5.69 Å². The van der Waals surface area contributed by atoms with E-state index in [2.05, 4.69) is 20.9 Å². The summed E-state index contributed by atoms with van der Waals surface area (Å²) in [5, 5.41) is 17.5. The smallest absolute Gasteiger partial charge is 0.354 e. The molecule has 0 aliphatic rings. The Balaban J connectivity index is 3.48. The van der Waals surface area contributed by atoms with Crippen molar-refractivity contribution in [2.24, 2.45) is 0 Å². The van der Waals surface area contributed by atoms with Gasteiger partial charge in [-0.2, -0.15) is 5.26 Å². The molecular formula is C9H5BrF2N2O2. The number of aromatic nitrogens is 1. The summed E-state index contributed by atoms with van der Waals surface area (Å²) in [6.07, 6.45) is -2.97. The minimum atomic E-state index is -2.97. The highest BCUT2D eigenvalue weighted by atomic mass is 79.9. The van der Waals surface area contributed by atoms with E-state index in [0.717, 1.165) is 6.07 Å². The van der Waals surface area contributed by atoms with Crippen LogP contribution in [0.5, 0.6) is 0 Å². The number of carbonyl (C=O) groups is 1. The Labute approximate surface area is 97.7 Å². The number of halogens is 3. The minimum Gasteiger partial charge on any atom is -0.477 e. The Morgan fingerprint density at radius 2 is 2.31 bits per heavy atom. The van der Waals surface area contributed by atoms with Gasteiger partial charge in [0, 0.05) is 5.33 Å². The molecule has 1 N–H and O–H groups in total. The molecule has 0 saturated heterocycles. The lowest BCUT2D eigenvalue weighted by atomic mass is 10.1. The van der Waals surface area contributed by atoms with Crippen LogP contribution >= 0.6 is 15.9 Å². The van der Waals surface area contributed by atoms with E-state index in [1.807, 2.05) is 0 Å². The van der Waals surface area contributed by atoms with Crippen LogP contribution in [0, 0.1) is 11.3 Å². The average Bonchev–Trinajstić information content (AvgIpc) is 2.26. The van der Waals surface area contributed by atoms with Crippen molar-refractivity contribution in [3.05, 3.63) is 28.6 Å². The number of nitriles is 1. The zero-order chi connectivity index (χ0) is 12.3. The Kier molecular flexibility index (Phi) is 3.90. The largest absolute Gasteiger partial charge is 0.477 e. The summed E-state index contributed by atoms with van der Waals surface area (Å²) in [5.41, 5.74) is -1.39. The summed E-state index contributed by atoms with van der Waals surface area (Å²) in [6, 6.07) is 2.67. The standard InChI is InChI=1S/C9H5BrF2N2O2/c10-2-4-1-5(3-13)6(8(11)12)14-7(4)9(15)16/h1,8H,2H2,(H,15,16). The third kappa shape index (κ3) is 2.33. The van der Waals surface area contributed by atoms with Crippen molar-refractivity contribution in [3.8, 4) is 6.07 Å². The number of nitrogens with zero attached hydrogens (tertiary/aromatic N) is 2. The van der Waals surface area contributed by atoms with E-state index in [1.165, 1.54) is 0 Å². The van der Waals surface area contributed by atoms with Gasteiger partial charge < -0.3 is 5.11 Å². The van der Waals surface area contributed by atoms with E-state index in [9.17, 15) is 13.6 Å². The van der Waals surface area contributed by atoms with E-state index in [0.29, 0.717) is 0 Å². The third-order valence-corrected chi connectivity index (χ3v) is 2.41. The SMILES string of the molecule is N#Cc1cc(CBr)c(C(=O)O)nc1C(F)F. The number of rotatable bonds is 3. The summed E-state index contributed by atoms with van der Waals surface area (Å²) in [5.74, 6) is -1.40. The Morgan fingerprint density at radius 1 is 1.69 bits per heavy atom. The molecule has 1 aromatic heterocycles. The summed E-state index contributed by atoms with van der Waals surface area (Å²) in [4.78, 5) is 14.1. The highest BCUT2D eigenvalue weighted by Gasteiger charge is 2.21. The molecule has 4 nitrogen and oxygen atoms in total. The number of hydrogen-bond acceptors (Lipinski definition) is 3. The second kappa shape index (κ2) is 4.99. The molecular weight excluding hydrogens is 286 g/mol. The molecule has 1 rings (SSSR count). The Morgan fingerprint density at radius 3 is 2.69 bits per heavy atom. The lowest BCUT2D eigenvalue weighted by Crippen LogP contribution is -2.09. The molecule has 16 heavy (non-hydrogen) atoms. The van der Waals surface area contributed by atoms with Crippen LogP contribution in [0.1, 0.15) is 33.7 Å². The topological polar surface area (TPSA) is 74.0 Å². The molecule has 0 aliphatic heterocycles. The van der Waals surface area contributed by atoms with Crippen LogP contribution in [0.25, 0.3) is 0 Å². The van der Waals surface area contributed by atoms with Crippen molar-refractivity contribution in [1.82, 2.24) is 4.98 Å². The van der Waals surface area contributed by atoms with Crippen LogP contribution in [0.4, 0.5) is 8.78 Å². The predicted octanol–water partition coefficient (Wildman–Crippen LogP) is 2.48. The monoisotopic (exact) mass is 290 g/mol. The van der Waals surface area contributed by atoms with Crippen LogP contribution in [0.15, 0.2) is 6.07 Å². The average molecular weight is 291 g/mol. The van der Waals surface area contributed by atoms with Gasteiger partial charge in [-0.05, 0) is 11.6 Å². The molecule has 0 saturated carbocycles. The van der Waals surface area contributed by atoms with Gasteiger partial charge in [-0.15, -0.1) is 0 Å². The first-order valence-corrected chi connectivity index (χ1v) is 5.14. The molecule has 7 heteroatoms. The highest BCUT2D eigenvalue weighted by Crippen LogP contribution is 2.24. The second-order valence-electron chi connectivity index (χ2n) is 2.78. The van der Waals surface area contributed by atoms with E-state index in [1.54, 1.807) is 6.07 Å². The summed E-state index contributed by atoms with van der Waals surface area (Å²) >= 11 is 3.00. The normalized spacial score (nSPS) is 10.2. The van der Waals surface area contributed by atoms with Gasteiger partial charge >= 0.3 is 5.97 Å². The molecule has 0 fully saturated rings. The van der Waals surface area contributed by atoms with Gasteiger partial charge in [0.25, 0.3) is 6.43 Å². The number of alkyl halides is 3. The molecule has 0 unspecified atom stereocenters. The van der Waals surface area contributed by atoms with Crippen molar-refractivity contribution < 1.29 is 18.7 Å². The van der Waals surface area contributed by atoms with Gasteiger partial charge in [-0.25, -0.2) is 18.6 Å². The van der Waals surface area contributed by atoms with Gasteiger partial charge in [-0.3, -0.25) is 0 Å². The van der Waals surface area contributed by atoms with Crippen LogP contribution in [-0.2, 0) is 5.33 Å². The summed E-state index contributed by atoms with van der Waals surface area (Å²) in [6.45, 7) is 0. The number of hydrogen-bond donors (Lipinski definition) is 1. The summed E-state index contributed by atoms with van der Waals surface area (Å²) < 4.78 is 25.0. The van der Waals surface area contributed by atoms with Crippen molar-refractivity contribution in [2.75, 3.05) is 0 Å². The Hall–Kier alpha value is -1.55. The highest BCUT2D eigenvalue weighted by molar-refractivity contribution is 9.08. The van der Waals surface area contributed by atoms with Crippen molar-refractivity contribution in [2.45, 2.75) is 11.8 Å². The van der Waals surface area contributed by atoms with E-state index in [-0.39, 0.29) is 16.5 Å². The van der Waals surface area contributed by atoms with Gasteiger partial charge in [0.2, 0.25) is 0 Å².